The molecule has 0 spiro atoms. The van der Waals surface area contributed by atoms with E-state index in [1.165, 1.54) is 16.7 Å². The van der Waals surface area contributed by atoms with E-state index >= 15 is 0 Å². The average Bonchev–Trinajstić information content (AvgIpc) is 2.23. The number of esters is 1. The van der Waals surface area contributed by atoms with Crippen LogP contribution in [0.15, 0.2) is 18.2 Å². The first kappa shape index (κ1) is 11.8. The Labute approximate surface area is 91.3 Å². The van der Waals surface area contributed by atoms with Crippen LogP contribution in [0.5, 0.6) is 0 Å². The predicted molar refractivity (Wildman–Crippen MR) is 60.9 cm³/mol. The summed E-state index contributed by atoms with van der Waals surface area (Å²) in [6, 6.07) is 6.35. The average molecular weight is 206 g/mol. The number of ether oxygens (including phenoxy) is 1. The molecule has 0 bridgehead atoms. The highest BCUT2D eigenvalue weighted by atomic mass is 16.5. The summed E-state index contributed by atoms with van der Waals surface area (Å²) in [5.41, 5.74) is 3.77. The summed E-state index contributed by atoms with van der Waals surface area (Å²) in [6.45, 7) is 6.44. The highest BCUT2D eigenvalue weighted by molar-refractivity contribution is 5.68. The summed E-state index contributed by atoms with van der Waals surface area (Å²) in [5, 5.41) is 0. The third kappa shape index (κ3) is 3.74. The second-order valence-electron chi connectivity index (χ2n) is 3.75. The van der Waals surface area contributed by atoms with Crippen LogP contribution in [0.2, 0.25) is 0 Å². The van der Waals surface area contributed by atoms with Gasteiger partial charge in [0.15, 0.2) is 0 Å². The van der Waals surface area contributed by atoms with Crippen LogP contribution in [0.25, 0.3) is 0 Å². The summed E-state index contributed by atoms with van der Waals surface area (Å²) in [7, 11) is 0. The fourth-order valence-corrected chi connectivity index (χ4v) is 1.45. The van der Waals surface area contributed by atoms with Gasteiger partial charge in [-0.1, -0.05) is 30.7 Å². The monoisotopic (exact) mass is 206 g/mol. The zero-order valence-corrected chi connectivity index (χ0v) is 9.67. The van der Waals surface area contributed by atoms with Gasteiger partial charge in [-0.2, -0.15) is 0 Å². The maximum Gasteiger partial charge on any atom is 0.305 e. The molecular formula is C13H18O2. The number of carbonyl (C=O) groups excluding carboxylic acids is 1. The zero-order chi connectivity index (χ0) is 11.3. The van der Waals surface area contributed by atoms with Crippen molar-refractivity contribution < 1.29 is 9.53 Å². The molecule has 0 aliphatic rings. The van der Waals surface area contributed by atoms with E-state index < -0.39 is 0 Å². The van der Waals surface area contributed by atoms with Crippen LogP contribution >= 0.6 is 0 Å². The Morgan fingerprint density at radius 3 is 2.73 bits per heavy atom. The molecule has 82 valence electrons. The Morgan fingerprint density at radius 1 is 1.33 bits per heavy atom. The third-order valence-electron chi connectivity index (χ3n) is 2.43. The molecule has 0 radical (unpaired) electrons. The molecule has 0 saturated heterocycles. The minimum Gasteiger partial charge on any atom is -0.465 e. The van der Waals surface area contributed by atoms with Gasteiger partial charge in [-0.05, 0) is 25.0 Å². The molecule has 0 fully saturated rings. The van der Waals surface area contributed by atoms with Gasteiger partial charge in [0.1, 0.15) is 0 Å². The Kier molecular flexibility index (Phi) is 4.35. The zero-order valence-electron chi connectivity index (χ0n) is 9.67. The molecule has 0 atom stereocenters. The van der Waals surface area contributed by atoms with Crippen molar-refractivity contribution in [3.63, 3.8) is 0 Å². The number of carbonyl (C=O) groups is 1. The van der Waals surface area contributed by atoms with E-state index in [-0.39, 0.29) is 5.97 Å². The van der Waals surface area contributed by atoms with Crippen LogP contribution in [0, 0.1) is 13.8 Å². The molecule has 2 nitrogen and oxygen atoms in total. The van der Waals surface area contributed by atoms with Crippen molar-refractivity contribution in [1.82, 2.24) is 0 Å². The normalized spacial score (nSPS) is 10.1. The maximum atomic E-state index is 10.9. The summed E-state index contributed by atoms with van der Waals surface area (Å²) in [6.07, 6.45) is 1.26. The van der Waals surface area contributed by atoms with Crippen molar-refractivity contribution in [2.75, 3.05) is 6.61 Å². The van der Waals surface area contributed by atoms with E-state index in [1.54, 1.807) is 6.92 Å². The van der Waals surface area contributed by atoms with Crippen molar-refractivity contribution in [3.05, 3.63) is 34.9 Å². The van der Waals surface area contributed by atoms with E-state index in [0.717, 1.165) is 6.42 Å². The quantitative estimate of drug-likeness (QED) is 0.708. The van der Waals surface area contributed by atoms with E-state index in [2.05, 4.69) is 32.0 Å². The Bertz CT molecular complexity index is 342. The van der Waals surface area contributed by atoms with E-state index in [9.17, 15) is 4.79 Å². The molecule has 1 aromatic carbocycles. The molecule has 0 heterocycles. The lowest BCUT2D eigenvalue weighted by Gasteiger charge is -2.07. The van der Waals surface area contributed by atoms with Gasteiger partial charge < -0.3 is 4.74 Å². The number of hydrogen-bond donors (Lipinski definition) is 0. The van der Waals surface area contributed by atoms with Gasteiger partial charge in [0.05, 0.1) is 6.61 Å². The molecule has 1 rings (SSSR count). The summed E-state index contributed by atoms with van der Waals surface area (Å²) < 4.78 is 5.05. The molecule has 0 N–H and O–H groups in total. The Morgan fingerprint density at radius 2 is 2.07 bits per heavy atom. The molecular weight excluding hydrogens is 188 g/mol. The number of rotatable bonds is 4. The van der Waals surface area contributed by atoms with Gasteiger partial charge in [0, 0.05) is 12.8 Å². The smallest absolute Gasteiger partial charge is 0.305 e. The molecule has 0 aliphatic carbocycles. The first-order chi connectivity index (χ1) is 7.13. The van der Waals surface area contributed by atoms with Crippen LogP contribution < -0.4 is 0 Å². The predicted octanol–water partition coefficient (Wildman–Crippen LogP) is 2.80. The highest BCUT2D eigenvalue weighted by Crippen LogP contribution is 2.11. The number of hydrogen-bond acceptors (Lipinski definition) is 2. The first-order valence-corrected chi connectivity index (χ1v) is 5.35. The molecule has 1 aromatic rings. The van der Waals surface area contributed by atoms with Crippen molar-refractivity contribution >= 4 is 5.97 Å². The molecule has 0 aromatic heterocycles. The van der Waals surface area contributed by atoms with E-state index in [0.29, 0.717) is 13.0 Å². The topological polar surface area (TPSA) is 26.3 Å². The second kappa shape index (κ2) is 5.54. The SMILES string of the molecule is CCC(=O)OCCc1cc(C)ccc1C. The van der Waals surface area contributed by atoms with Gasteiger partial charge in [-0.15, -0.1) is 0 Å². The van der Waals surface area contributed by atoms with E-state index in [1.807, 2.05) is 0 Å². The minimum absolute atomic E-state index is 0.125. The van der Waals surface area contributed by atoms with Gasteiger partial charge in [0.25, 0.3) is 0 Å². The lowest BCUT2D eigenvalue weighted by Crippen LogP contribution is -2.06. The molecule has 15 heavy (non-hydrogen) atoms. The Hall–Kier alpha value is -1.31. The lowest BCUT2D eigenvalue weighted by atomic mass is 10.0. The Balaban J connectivity index is 2.50. The van der Waals surface area contributed by atoms with Crippen LogP contribution in [-0.4, -0.2) is 12.6 Å². The van der Waals surface area contributed by atoms with Crippen LogP contribution in [0.1, 0.15) is 30.0 Å². The standard InChI is InChI=1S/C13H18O2/c1-4-13(14)15-8-7-12-9-10(2)5-6-11(12)3/h5-6,9H,4,7-8H2,1-3H3. The van der Waals surface area contributed by atoms with Crippen molar-refractivity contribution in [1.29, 1.82) is 0 Å². The molecule has 0 amide bonds. The molecule has 0 unspecified atom stereocenters. The van der Waals surface area contributed by atoms with Gasteiger partial charge in [-0.25, -0.2) is 0 Å². The first-order valence-electron chi connectivity index (χ1n) is 5.35. The van der Waals surface area contributed by atoms with Gasteiger partial charge in [-0.3, -0.25) is 4.79 Å². The summed E-state index contributed by atoms with van der Waals surface area (Å²) in [4.78, 5) is 10.9. The third-order valence-corrected chi connectivity index (χ3v) is 2.43. The van der Waals surface area contributed by atoms with Crippen LogP contribution in [0.4, 0.5) is 0 Å². The number of aryl methyl sites for hydroxylation is 2. The summed E-state index contributed by atoms with van der Waals surface area (Å²) in [5.74, 6) is -0.125. The van der Waals surface area contributed by atoms with E-state index in [4.69, 9.17) is 4.74 Å². The van der Waals surface area contributed by atoms with Crippen molar-refractivity contribution in [3.8, 4) is 0 Å². The maximum absolute atomic E-state index is 10.9. The van der Waals surface area contributed by atoms with Gasteiger partial charge in [0.2, 0.25) is 0 Å². The molecule has 0 saturated carbocycles. The highest BCUT2D eigenvalue weighted by Gasteiger charge is 2.01. The fourth-order valence-electron chi connectivity index (χ4n) is 1.45. The van der Waals surface area contributed by atoms with Gasteiger partial charge >= 0.3 is 5.97 Å². The largest absolute Gasteiger partial charge is 0.465 e. The number of benzene rings is 1. The minimum atomic E-state index is -0.125. The lowest BCUT2D eigenvalue weighted by molar-refractivity contribution is -0.143. The fraction of sp³-hybridized carbons (Fsp3) is 0.462. The van der Waals surface area contributed by atoms with Crippen molar-refractivity contribution in [2.24, 2.45) is 0 Å². The molecule has 2 heteroatoms. The van der Waals surface area contributed by atoms with Crippen molar-refractivity contribution in [2.45, 2.75) is 33.6 Å². The van der Waals surface area contributed by atoms with Crippen LogP contribution in [0.3, 0.4) is 0 Å². The van der Waals surface area contributed by atoms with Crippen LogP contribution in [-0.2, 0) is 16.0 Å². The second-order valence-corrected chi connectivity index (χ2v) is 3.75. The summed E-state index contributed by atoms with van der Waals surface area (Å²) >= 11 is 0. The molecule has 0 aliphatic heterocycles.